The van der Waals surface area contributed by atoms with E-state index in [2.05, 4.69) is 10.6 Å². The highest BCUT2D eigenvalue weighted by Gasteiger charge is 2.51. The van der Waals surface area contributed by atoms with E-state index >= 15 is 0 Å². The second-order valence-corrected chi connectivity index (χ2v) is 11.9. The fourth-order valence-corrected chi connectivity index (χ4v) is 6.36. The van der Waals surface area contributed by atoms with Crippen molar-refractivity contribution in [1.82, 2.24) is 10.6 Å². The van der Waals surface area contributed by atoms with Crippen LogP contribution in [0.4, 0.5) is 0 Å². The molecule has 39 heavy (non-hydrogen) atoms. The maximum Gasteiger partial charge on any atom is 0.243 e. The van der Waals surface area contributed by atoms with Crippen molar-refractivity contribution >= 4 is 23.5 Å². The van der Waals surface area contributed by atoms with Gasteiger partial charge in [0.05, 0.1) is 25.2 Å². The summed E-state index contributed by atoms with van der Waals surface area (Å²) in [6.45, 7) is 3.82. The molecule has 1 saturated heterocycles. The van der Waals surface area contributed by atoms with E-state index < -0.39 is 40.8 Å². The van der Waals surface area contributed by atoms with Gasteiger partial charge in [0, 0.05) is 12.3 Å². The molecule has 0 spiro atoms. The molecule has 214 valence electrons. The van der Waals surface area contributed by atoms with E-state index in [1.807, 2.05) is 12.1 Å². The Morgan fingerprint density at radius 1 is 1.00 bits per heavy atom. The lowest BCUT2D eigenvalue weighted by Gasteiger charge is -2.32. The highest BCUT2D eigenvalue weighted by Crippen LogP contribution is 2.44. The molecule has 1 aromatic rings. The molecule has 0 unspecified atom stereocenters. The number of nitrogens with one attached hydrogen (secondary N) is 2. The Morgan fingerprint density at radius 3 is 2.13 bits per heavy atom. The van der Waals surface area contributed by atoms with Gasteiger partial charge in [0.15, 0.2) is 5.78 Å². The molecule has 3 aliphatic rings. The van der Waals surface area contributed by atoms with Crippen molar-refractivity contribution in [2.45, 2.75) is 95.7 Å². The first kappa shape index (κ1) is 29.1. The normalized spacial score (nSPS) is 24.4. The lowest BCUT2D eigenvalue weighted by molar-refractivity contribution is -0.141. The first-order chi connectivity index (χ1) is 18.6. The van der Waals surface area contributed by atoms with Crippen molar-refractivity contribution in [1.29, 1.82) is 0 Å². The zero-order valence-corrected chi connectivity index (χ0v) is 23.4. The summed E-state index contributed by atoms with van der Waals surface area (Å²) in [7, 11) is 1.58. The van der Waals surface area contributed by atoms with E-state index in [9.17, 15) is 19.2 Å². The number of carbonyl (C=O) groups is 4. The third-order valence-electron chi connectivity index (χ3n) is 9.22. The average Bonchev–Trinajstić information content (AvgIpc) is 3.29. The SMILES string of the molecule is COc1ccc(C[C@H](NC(=O)[C@H](C)C2(C(N)=O)CCCC2)C(=O)N[C@@H](CC2CCCC2)C(=O)[C@@]2(C)CO2)cc1. The summed E-state index contributed by atoms with van der Waals surface area (Å²) in [6.07, 6.45) is 7.90. The Balaban J connectivity index is 1.54. The van der Waals surface area contributed by atoms with Crippen LogP contribution < -0.4 is 21.1 Å². The Morgan fingerprint density at radius 2 is 1.59 bits per heavy atom. The minimum Gasteiger partial charge on any atom is -0.497 e. The first-order valence-corrected chi connectivity index (χ1v) is 14.3. The monoisotopic (exact) mass is 541 g/mol. The van der Waals surface area contributed by atoms with Gasteiger partial charge in [-0.05, 0) is 49.8 Å². The molecule has 9 heteroatoms. The molecule has 4 rings (SSSR count). The molecule has 1 heterocycles. The molecule has 1 aromatic carbocycles. The van der Waals surface area contributed by atoms with Crippen molar-refractivity contribution in [3.05, 3.63) is 29.8 Å². The molecule has 1 aliphatic heterocycles. The van der Waals surface area contributed by atoms with Crippen LogP contribution in [0.5, 0.6) is 5.75 Å². The van der Waals surface area contributed by atoms with Gasteiger partial charge in [-0.15, -0.1) is 0 Å². The van der Waals surface area contributed by atoms with Crippen LogP contribution in [0.25, 0.3) is 0 Å². The number of methoxy groups -OCH3 is 1. The summed E-state index contributed by atoms with van der Waals surface area (Å²) in [5.41, 5.74) is 4.82. The predicted octanol–water partition coefficient (Wildman–Crippen LogP) is 2.83. The molecule has 0 radical (unpaired) electrons. The average molecular weight is 542 g/mol. The van der Waals surface area contributed by atoms with Gasteiger partial charge in [0.2, 0.25) is 17.7 Å². The fraction of sp³-hybridized carbons (Fsp3) is 0.667. The minimum absolute atomic E-state index is 0.121. The predicted molar refractivity (Wildman–Crippen MR) is 146 cm³/mol. The second-order valence-electron chi connectivity index (χ2n) is 11.9. The molecule has 4 N–H and O–H groups in total. The number of rotatable bonds is 13. The zero-order valence-electron chi connectivity index (χ0n) is 23.4. The van der Waals surface area contributed by atoms with Crippen molar-refractivity contribution < 1.29 is 28.7 Å². The van der Waals surface area contributed by atoms with Gasteiger partial charge in [-0.1, -0.05) is 57.6 Å². The van der Waals surface area contributed by atoms with Crippen LogP contribution in [-0.2, 0) is 30.3 Å². The van der Waals surface area contributed by atoms with Crippen molar-refractivity contribution in [2.24, 2.45) is 23.0 Å². The largest absolute Gasteiger partial charge is 0.497 e. The number of amides is 3. The van der Waals surface area contributed by atoms with Gasteiger partial charge >= 0.3 is 0 Å². The van der Waals surface area contributed by atoms with Gasteiger partial charge in [-0.3, -0.25) is 19.2 Å². The van der Waals surface area contributed by atoms with Crippen molar-refractivity contribution in [3.8, 4) is 5.75 Å². The molecule has 2 saturated carbocycles. The quantitative estimate of drug-likeness (QED) is 0.328. The molecule has 0 bridgehead atoms. The highest BCUT2D eigenvalue weighted by molar-refractivity contribution is 5.98. The van der Waals surface area contributed by atoms with E-state index in [-0.39, 0.29) is 18.1 Å². The number of primary amides is 1. The summed E-state index contributed by atoms with van der Waals surface area (Å²) in [5, 5.41) is 5.89. The van der Waals surface area contributed by atoms with Crippen LogP contribution in [0.1, 0.15) is 77.2 Å². The molecule has 9 nitrogen and oxygen atoms in total. The van der Waals surface area contributed by atoms with E-state index in [0.29, 0.717) is 37.5 Å². The summed E-state index contributed by atoms with van der Waals surface area (Å²) in [6, 6.07) is 5.66. The van der Waals surface area contributed by atoms with E-state index in [0.717, 1.165) is 44.1 Å². The third-order valence-corrected chi connectivity index (χ3v) is 9.22. The van der Waals surface area contributed by atoms with Crippen LogP contribution in [0.15, 0.2) is 24.3 Å². The molecule has 3 amide bonds. The number of benzene rings is 1. The van der Waals surface area contributed by atoms with Crippen LogP contribution in [-0.4, -0.2) is 54.9 Å². The molecular weight excluding hydrogens is 498 g/mol. The van der Waals surface area contributed by atoms with E-state index in [1.54, 1.807) is 33.1 Å². The fourth-order valence-electron chi connectivity index (χ4n) is 6.36. The summed E-state index contributed by atoms with van der Waals surface area (Å²) in [4.78, 5) is 53.0. The molecular formula is C30H43N3O6. The van der Waals surface area contributed by atoms with Crippen LogP contribution in [0.3, 0.4) is 0 Å². The zero-order chi connectivity index (χ0) is 28.2. The summed E-state index contributed by atoms with van der Waals surface area (Å²) in [5.74, 6) is -1.04. The number of Topliss-reactive ketones (excluding diaryl/α,β-unsaturated/α-hetero) is 1. The number of ketones is 1. The number of hydrogen-bond donors (Lipinski definition) is 3. The lowest BCUT2D eigenvalue weighted by Crippen LogP contribution is -2.56. The van der Waals surface area contributed by atoms with E-state index in [1.165, 1.54) is 0 Å². The second kappa shape index (κ2) is 12.1. The lowest BCUT2D eigenvalue weighted by atomic mass is 9.73. The minimum atomic E-state index is -0.938. The molecule has 3 fully saturated rings. The number of carbonyl (C=O) groups excluding carboxylic acids is 4. The van der Waals surface area contributed by atoms with Crippen LogP contribution in [0.2, 0.25) is 0 Å². The van der Waals surface area contributed by atoms with Crippen LogP contribution in [0, 0.1) is 17.3 Å². The third kappa shape index (κ3) is 6.62. The molecule has 4 atom stereocenters. The smallest absolute Gasteiger partial charge is 0.243 e. The van der Waals surface area contributed by atoms with Crippen LogP contribution >= 0.6 is 0 Å². The highest BCUT2D eigenvalue weighted by atomic mass is 16.6. The van der Waals surface area contributed by atoms with Gasteiger partial charge in [0.1, 0.15) is 17.4 Å². The number of nitrogens with two attached hydrogens (primary N) is 1. The topological polar surface area (TPSA) is 140 Å². The Bertz CT molecular complexity index is 1050. The van der Waals surface area contributed by atoms with Gasteiger partial charge in [-0.25, -0.2) is 0 Å². The number of ether oxygens (including phenoxy) is 2. The van der Waals surface area contributed by atoms with Gasteiger partial charge < -0.3 is 25.8 Å². The van der Waals surface area contributed by atoms with Crippen molar-refractivity contribution in [3.63, 3.8) is 0 Å². The molecule has 2 aliphatic carbocycles. The Hall–Kier alpha value is -2.94. The molecule has 0 aromatic heterocycles. The maximum absolute atomic E-state index is 13.8. The maximum atomic E-state index is 13.8. The number of hydrogen-bond acceptors (Lipinski definition) is 6. The van der Waals surface area contributed by atoms with Gasteiger partial charge in [0.25, 0.3) is 0 Å². The first-order valence-electron chi connectivity index (χ1n) is 14.3. The van der Waals surface area contributed by atoms with Crippen molar-refractivity contribution in [2.75, 3.05) is 13.7 Å². The van der Waals surface area contributed by atoms with E-state index in [4.69, 9.17) is 15.2 Å². The summed E-state index contributed by atoms with van der Waals surface area (Å²) < 4.78 is 10.7. The Labute approximate surface area is 230 Å². The number of epoxide rings is 1. The standard InChI is InChI=1S/C30H43N3O6/c1-19(30(28(31)37)14-6-7-15-30)26(35)33-24(17-21-10-12-22(38-3)13-11-21)27(36)32-23(16-20-8-4-5-9-20)25(34)29(2)18-39-29/h10-13,19-20,23-24H,4-9,14-18H2,1-3H3,(H2,31,37)(H,32,36)(H,33,35)/t19-,23-,24-,29+/m0/s1. The van der Waals surface area contributed by atoms with Gasteiger partial charge in [-0.2, -0.15) is 0 Å². The summed E-state index contributed by atoms with van der Waals surface area (Å²) >= 11 is 0. The Kier molecular flexibility index (Phi) is 8.99.